The number of rotatable bonds is 11. The smallest absolute Gasteiger partial charge is 0.294 e. The number of hydrogen-bond donors (Lipinski definition) is 1. The zero-order valence-electron chi connectivity index (χ0n) is 13.8. The lowest BCUT2D eigenvalue weighted by molar-refractivity contribution is -0.759. The van der Waals surface area contributed by atoms with E-state index < -0.39 is 41.3 Å². The van der Waals surface area contributed by atoms with E-state index in [1.165, 1.54) is 18.2 Å². The lowest BCUT2D eigenvalue weighted by atomic mass is 10.1. The number of benzene rings is 1. The Morgan fingerprint density at radius 2 is 1.78 bits per heavy atom. The van der Waals surface area contributed by atoms with Gasteiger partial charge in [-0.1, -0.05) is 6.07 Å². The summed E-state index contributed by atoms with van der Waals surface area (Å²) in [5.41, 5.74) is 0.0730. The second kappa shape index (κ2) is 8.75. The molecular weight excluding hydrogens is 370 g/mol. The van der Waals surface area contributed by atoms with Gasteiger partial charge in [0.2, 0.25) is 0 Å². The minimum atomic E-state index is -1.33. The second-order valence-electron chi connectivity index (χ2n) is 5.34. The highest BCUT2D eigenvalue weighted by Gasteiger charge is 2.37. The number of aliphatic hydroxyl groups excluding tert-OH is 1. The van der Waals surface area contributed by atoms with Crippen LogP contribution in [0, 0.1) is 20.2 Å². The number of carbonyl (C=O) groups is 2. The first kappa shape index (κ1) is 19.8. The van der Waals surface area contributed by atoms with Crippen molar-refractivity contribution in [3.63, 3.8) is 0 Å². The summed E-state index contributed by atoms with van der Waals surface area (Å²) in [5.74, 6) is -1.21. The van der Waals surface area contributed by atoms with E-state index in [9.17, 15) is 34.9 Å². The van der Waals surface area contributed by atoms with Gasteiger partial charge in [-0.05, 0) is 18.6 Å². The van der Waals surface area contributed by atoms with Gasteiger partial charge in [-0.3, -0.25) is 14.5 Å². The summed E-state index contributed by atoms with van der Waals surface area (Å²) in [6.07, 6.45) is -1.26. The minimum Gasteiger partial charge on any atom is -0.490 e. The first-order valence-corrected chi connectivity index (χ1v) is 7.66. The molecular formula is C14H15N3O10. The largest absolute Gasteiger partial charge is 0.490 e. The van der Waals surface area contributed by atoms with Crippen molar-refractivity contribution in [2.75, 3.05) is 26.4 Å². The number of hydrogen-bond acceptors (Lipinski definition) is 10. The van der Waals surface area contributed by atoms with Gasteiger partial charge >= 0.3 is 0 Å². The zero-order chi connectivity index (χ0) is 20.0. The Morgan fingerprint density at radius 1 is 1.07 bits per heavy atom. The molecule has 0 bridgehead atoms. The fraction of sp³-hybridized carbons (Fsp3) is 0.429. The molecule has 1 atom stereocenters. The highest BCUT2D eigenvalue weighted by atomic mass is 17.0. The van der Waals surface area contributed by atoms with Crippen molar-refractivity contribution in [2.45, 2.75) is 12.5 Å². The topological polar surface area (TPSA) is 172 Å². The molecule has 0 aromatic heterocycles. The van der Waals surface area contributed by atoms with Crippen molar-refractivity contribution in [2.24, 2.45) is 0 Å². The number of aliphatic hydroxyl groups is 1. The van der Waals surface area contributed by atoms with Crippen LogP contribution in [0.15, 0.2) is 18.2 Å². The molecule has 1 aromatic rings. The number of imide groups is 1. The van der Waals surface area contributed by atoms with Gasteiger partial charge in [-0.25, -0.2) is 0 Å². The quantitative estimate of drug-likeness (QED) is 0.233. The van der Waals surface area contributed by atoms with Gasteiger partial charge in [0.15, 0.2) is 0 Å². The van der Waals surface area contributed by atoms with Crippen LogP contribution >= 0.6 is 0 Å². The number of nitrogens with zero attached hydrogens (tertiary/aromatic N) is 3. The molecule has 0 aliphatic carbocycles. The Labute approximate surface area is 151 Å². The Bertz CT molecular complexity index is 753. The van der Waals surface area contributed by atoms with Gasteiger partial charge in [0, 0.05) is 6.54 Å². The maximum Gasteiger partial charge on any atom is 0.294 e. The Morgan fingerprint density at radius 3 is 2.44 bits per heavy atom. The number of carbonyl (C=O) groups excluding carboxylic acids is 2. The summed E-state index contributed by atoms with van der Waals surface area (Å²) < 4.78 is 5.30. The number of amides is 2. The van der Waals surface area contributed by atoms with Crippen LogP contribution < -0.4 is 4.74 Å². The molecule has 1 aromatic carbocycles. The van der Waals surface area contributed by atoms with E-state index in [0.717, 1.165) is 4.90 Å². The molecule has 2 rings (SSSR count). The van der Waals surface area contributed by atoms with E-state index in [1.807, 2.05) is 0 Å². The normalized spacial score (nSPS) is 13.9. The van der Waals surface area contributed by atoms with E-state index in [2.05, 4.69) is 9.68 Å². The molecule has 0 fully saturated rings. The van der Waals surface area contributed by atoms with Crippen molar-refractivity contribution < 1.29 is 39.3 Å². The summed E-state index contributed by atoms with van der Waals surface area (Å²) in [5, 5.41) is 27.7. The molecule has 1 heterocycles. The van der Waals surface area contributed by atoms with Crippen LogP contribution in [0.25, 0.3) is 0 Å². The SMILES string of the molecule is O=C1c2cccc(OCC(O)CO[N+](=O)[O-])c2C(=O)N1CCCO[N+](=O)[O-]. The molecule has 146 valence electrons. The number of fused-ring (bicyclic) bond motifs is 1. The monoisotopic (exact) mass is 385 g/mol. The maximum atomic E-state index is 12.5. The second-order valence-corrected chi connectivity index (χ2v) is 5.34. The summed E-state index contributed by atoms with van der Waals surface area (Å²) in [6, 6.07) is 4.30. The molecule has 1 N–H and O–H groups in total. The third kappa shape index (κ3) is 5.01. The summed E-state index contributed by atoms with van der Waals surface area (Å²) in [6.45, 7) is -1.37. The highest BCUT2D eigenvalue weighted by Crippen LogP contribution is 2.31. The third-order valence-corrected chi connectivity index (χ3v) is 3.49. The van der Waals surface area contributed by atoms with Crippen LogP contribution in [0.4, 0.5) is 0 Å². The van der Waals surface area contributed by atoms with Gasteiger partial charge in [0.05, 0.1) is 17.7 Å². The van der Waals surface area contributed by atoms with Crippen LogP contribution in [-0.2, 0) is 9.68 Å². The summed E-state index contributed by atoms with van der Waals surface area (Å²) in [4.78, 5) is 54.1. The maximum absolute atomic E-state index is 12.5. The molecule has 0 radical (unpaired) electrons. The molecule has 0 spiro atoms. The summed E-state index contributed by atoms with van der Waals surface area (Å²) in [7, 11) is 0. The van der Waals surface area contributed by atoms with E-state index in [0.29, 0.717) is 0 Å². The van der Waals surface area contributed by atoms with Crippen molar-refractivity contribution in [1.29, 1.82) is 0 Å². The van der Waals surface area contributed by atoms with Crippen LogP contribution in [0.5, 0.6) is 5.75 Å². The standard InChI is InChI=1S/C14H15N3O10/c18-9(8-27-17(23)24)7-25-11-4-1-3-10-12(11)14(20)15(13(10)19)5-2-6-26-16(21)22/h1,3-4,9,18H,2,5-8H2. The average molecular weight is 385 g/mol. The fourth-order valence-electron chi connectivity index (χ4n) is 2.37. The first-order valence-electron chi connectivity index (χ1n) is 7.66. The van der Waals surface area contributed by atoms with Crippen molar-refractivity contribution in [3.8, 4) is 5.75 Å². The molecule has 13 nitrogen and oxygen atoms in total. The third-order valence-electron chi connectivity index (χ3n) is 3.49. The Kier molecular flexibility index (Phi) is 6.43. The molecule has 1 unspecified atom stereocenters. The number of ether oxygens (including phenoxy) is 1. The van der Waals surface area contributed by atoms with E-state index >= 15 is 0 Å². The van der Waals surface area contributed by atoms with Crippen molar-refractivity contribution >= 4 is 11.8 Å². The predicted octanol–water partition coefficient (Wildman–Crippen LogP) is -0.171. The lowest BCUT2D eigenvalue weighted by Gasteiger charge is -2.14. The van der Waals surface area contributed by atoms with E-state index in [4.69, 9.17) is 4.74 Å². The van der Waals surface area contributed by atoms with Crippen LogP contribution in [-0.4, -0.2) is 64.5 Å². The molecule has 0 saturated heterocycles. The van der Waals surface area contributed by atoms with Crippen LogP contribution in [0.3, 0.4) is 0 Å². The van der Waals surface area contributed by atoms with Gasteiger partial charge in [0.1, 0.15) is 25.1 Å². The fourth-order valence-corrected chi connectivity index (χ4v) is 2.37. The van der Waals surface area contributed by atoms with Crippen molar-refractivity contribution in [1.82, 2.24) is 4.90 Å². The van der Waals surface area contributed by atoms with Gasteiger partial charge in [0.25, 0.3) is 22.0 Å². The molecule has 2 amide bonds. The van der Waals surface area contributed by atoms with E-state index in [1.54, 1.807) is 0 Å². The van der Waals surface area contributed by atoms with Gasteiger partial charge < -0.3 is 19.5 Å². The molecule has 13 heteroatoms. The Hall–Kier alpha value is -3.48. The van der Waals surface area contributed by atoms with Crippen LogP contribution in [0.1, 0.15) is 27.1 Å². The molecule has 0 saturated carbocycles. The van der Waals surface area contributed by atoms with Gasteiger partial charge in [-0.15, -0.1) is 20.2 Å². The summed E-state index contributed by atoms with van der Waals surface area (Å²) >= 11 is 0. The zero-order valence-corrected chi connectivity index (χ0v) is 13.8. The van der Waals surface area contributed by atoms with Crippen LogP contribution in [0.2, 0.25) is 0 Å². The lowest BCUT2D eigenvalue weighted by Crippen LogP contribution is -2.31. The highest BCUT2D eigenvalue weighted by molar-refractivity contribution is 6.22. The molecule has 27 heavy (non-hydrogen) atoms. The molecule has 1 aliphatic heterocycles. The van der Waals surface area contributed by atoms with Crippen molar-refractivity contribution in [3.05, 3.63) is 49.6 Å². The predicted molar refractivity (Wildman–Crippen MR) is 83.8 cm³/mol. The first-order chi connectivity index (χ1) is 12.8. The Balaban J connectivity index is 2.01. The average Bonchev–Trinajstić information content (AvgIpc) is 2.86. The van der Waals surface area contributed by atoms with Gasteiger partial charge in [-0.2, -0.15) is 0 Å². The van der Waals surface area contributed by atoms with E-state index in [-0.39, 0.29) is 36.4 Å². The minimum absolute atomic E-state index is 0.0138. The molecule has 1 aliphatic rings.